The summed E-state index contributed by atoms with van der Waals surface area (Å²) < 4.78 is 10.6. The van der Waals surface area contributed by atoms with Crippen LogP contribution in [0.2, 0.25) is 0 Å². The van der Waals surface area contributed by atoms with Gasteiger partial charge in [0.05, 0.1) is 19.9 Å². The molecule has 0 saturated heterocycles. The van der Waals surface area contributed by atoms with E-state index in [9.17, 15) is 4.79 Å². The zero-order valence-corrected chi connectivity index (χ0v) is 23.9. The molecule has 202 valence electrons. The molecule has 0 aliphatic rings. The molecule has 0 fully saturated rings. The Kier molecular flexibility index (Phi) is 8.68. The number of rotatable bonds is 10. The fourth-order valence-corrected chi connectivity index (χ4v) is 5.33. The van der Waals surface area contributed by atoms with Crippen LogP contribution in [0.3, 0.4) is 0 Å². The molecule has 5 aromatic rings. The van der Waals surface area contributed by atoms with Gasteiger partial charge >= 0.3 is 0 Å². The topological polar surface area (TPSA) is 99.1 Å². The third-order valence-electron chi connectivity index (χ3n) is 6.05. The van der Waals surface area contributed by atoms with Crippen LogP contribution in [0.5, 0.6) is 11.5 Å². The largest absolute Gasteiger partial charge is 0.497 e. The van der Waals surface area contributed by atoms with Crippen LogP contribution >= 0.6 is 23.1 Å². The second-order valence-corrected chi connectivity index (χ2v) is 10.7. The van der Waals surface area contributed by atoms with E-state index in [1.165, 1.54) is 28.7 Å². The summed E-state index contributed by atoms with van der Waals surface area (Å²) in [4.78, 5) is 22.0. The third kappa shape index (κ3) is 6.64. The van der Waals surface area contributed by atoms with Gasteiger partial charge in [-0.25, -0.2) is 9.97 Å². The Hall–Kier alpha value is -4.28. The van der Waals surface area contributed by atoms with Gasteiger partial charge in [-0.2, -0.15) is 0 Å². The molecule has 1 N–H and O–H groups in total. The standard InChI is InChI=1S/C30H27N5O3S2/c1-19-4-6-20(7-5-19)25-18-40-29(31-25)32-26(36)16-17-39-30-33-27(21-8-12-23(37-2)13-9-21)28(34-35-30)22-10-14-24(38-3)15-11-22/h4-15,18H,16-17H2,1-3H3,(H,31,32,36). The number of nitrogens with zero attached hydrogens (tertiary/aromatic N) is 4. The van der Waals surface area contributed by atoms with Crippen LogP contribution in [0.25, 0.3) is 33.8 Å². The normalized spacial score (nSPS) is 10.8. The van der Waals surface area contributed by atoms with Gasteiger partial charge in [-0.05, 0) is 55.5 Å². The predicted octanol–water partition coefficient (Wildman–Crippen LogP) is 6.78. The van der Waals surface area contributed by atoms with Crippen molar-refractivity contribution in [3.63, 3.8) is 0 Å². The first kappa shape index (κ1) is 27.3. The van der Waals surface area contributed by atoms with Gasteiger partial charge in [-0.3, -0.25) is 4.79 Å². The van der Waals surface area contributed by atoms with Crippen molar-refractivity contribution in [1.29, 1.82) is 0 Å². The summed E-state index contributed by atoms with van der Waals surface area (Å²) >= 11 is 2.79. The number of thioether (sulfide) groups is 1. The van der Waals surface area contributed by atoms with Gasteiger partial charge in [0, 0.05) is 34.2 Å². The van der Waals surface area contributed by atoms with E-state index in [0.717, 1.165) is 33.9 Å². The molecule has 0 atom stereocenters. The van der Waals surface area contributed by atoms with Crippen LogP contribution in [0, 0.1) is 6.92 Å². The Balaban J connectivity index is 1.26. The van der Waals surface area contributed by atoms with Gasteiger partial charge in [0.25, 0.3) is 0 Å². The molecule has 0 radical (unpaired) electrons. The number of hydrogen-bond donors (Lipinski definition) is 1. The second-order valence-electron chi connectivity index (χ2n) is 8.80. The first-order chi connectivity index (χ1) is 19.5. The smallest absolute Gasteiger partial charge is 0.226 e. The SMILES string of the molecule is COc1ccc(-c2nnc(SCCC(=O)Nc3nc(-c4ccc(C)cc4)cs3)nc2-c2ccc(OC)cc2)cc1. The summed E-state index contributed by atoms with van der Waals surface area (Å²) in [6.07, 6.45) is 0.283. The van der Waals surface area contributed by atoms with E-state index in [-0.39, 0.29) is 12.3 Å². The van der Waals surface area contributed by atoms with E-state index in [2.05, 4.69) is 20.5 Å². The van der Waals surface area contributed by atoms with Crippen LogP contribution in [0.4, 0.5) is 5.13 Å². The minimum atomic E-state index is -0.115. The molecule has 0 aliphatic carbocycles. The maximum absolute atomic E-state index is 12.6. The van der Waals surface area contributed by atoms with Gasteiger partial charge in [-0.15, -0.1) is 21.5 Å². The van der Waals surface area contributed by atoms with Gasteiger partial charge < -0.3 is 14.8 Å². The Morgan fingerprint density at radius 1 is 0.800 bits per heavy atom. The zero-order valence-electron chi connectivity index (χ0n) is 22.2. The highest BCUT2D eigenvalue weighted by Gasteiger charge is 2.15. The van der Waals surface area contributed by atoms with Gasteiger partial charge in [0.2, 0.25) is 11.1 Å². The minimum absolute atomic E-state index is 0.115. The summed E-state index contributed by atoms with van der Waals surface area (Å²) in [5, 5.41) is 14.8. The van der Waals surface area contributed by atoms with Crippen LogP contribution in [-0.4, -0.2) is 46.0 Å². The van der Waals surface area contributed by atoms with Crippen LogP contribution < -0.4 is 14.8 Å². The molecule has 8 nitrogen and oxygen atoms in total. The Labute approximate surface area is 240 Å². The van der Waals surface area contributed by atoms with E-state index in [0.29, 0.717) is 27.4 Å². The quantitative estimate of drug-likeness (QED) is 0.184. The molecule has 40 heavy (non-hydrogen) atoms. The summed E-state index contributed by atoms with van der Waals surface area (Å²) in [5.41, 5.74) is 6.16. The summed E-state index contributed by atoms with van der Waals surface area (Å²) in [6, 6.07) is 23.4. The number of carbonyl (C=O) groups excluding carboxylic acids is 1. The van der Waals surface area contributed by atoms with Crippen molar-refractivity contribution in [2.24, 2.45) is 0 Å². The predicted molar refractivity (Wildman–Crippen MR) is 160 cm³/mol. The molecule has 10 heteroatoms. The molecular formula is C30H27N5O3S2. The van der Waals surface area contributed by atoms with Crippen LogP contribution in [0.1, 0.15) is 12.0 Å². The lowest BCUT2D eigenvalue weighted by Crippen LogP contribution is -2.12. The molecular weight excluding hydrogens is 542 g/mol. The maximum atomic E-state index is 12.6. The monoisotopic (exact) mass is 569 g/mol. The van der Waals surface area contributed by atoms with Crippen LogP contribution in [0.15, 0.2) is 83.3 Å². The Morgan fingerprint density at radius 2 is 1.40 bits per heavy atom. The second kappa shape index (κ2) is 12.7. The molecule has 0 aliphatic heterocycles. The van der Waals surface area contributed by atoms with Crippen molar-refractivity contribution in [3.8, 4) is 45.3 Å². The summed E-state index contributed by atoms with van der Waals surface area (Å²) in [7, 11) is 3.26. The van der Waals surface area contributed by atoms with Crippen LogP contribution in [-0.2, 0) is 4.79 Å². The maximum Gasteiger partial charge on any atom is 0.226 e. The number of anilines is 1. The van der Waals surface area contributed by atoms with Crippen molar-refractivity contribution in [1.82, 2.24) is 20.2 Å². The summed E-state index contributed by atoms with van der Waals surface area (Å²) in [6.45, 7) is 2.05. The first-order valence-electron chi connectivity index (χ1n) is 12.5. The van der Waals surface area contributed by atoms with Crippen molar-refractivity contribution in [3.05, 3.63) is 83.7 Å². The fraction of sp³-hybridized carbons (Fsp3) is 0.167. The van der Waals surface area contributed by atoms with E-state index in [1.807, 2.05) is 85.1 Å². The number of thiazole rings is 1. The number of benzene rings is 3. The lowest BCUT2D eigenvalue weighted by molar-refractivity contribution is -0.115. The molecule has 0 spiro atoms. The van der Waals surface area contributed by atoms with Crippen molar-refractivity contribution < 1.29 is 14.3 Å². The highest BCUT2D eigenvalue weighted by Crippen LogP contribution is 2.32. The number of amides is 1. The van der Waals surface area contributed by atoms with Gasteiger partial charge in [0.15, 0.2) is 5.13 Å². The van der Waals surface area contributed by atoms with E-state index in [4.69, 9.17) is 14.5 Å². The molecule has 1 amide bonds. The number of ether oxygens (including phenoxy) is 2. The van der Waals surface area contributed by atoms with Crippen molar-refractivity contribution in [2.45, 2.75) is 18.5 Å². The molecule has 2 heterocycles. The minimum Gasteiger partial charge on any atom is -0.497 e. The van der Waals surface area contributed by atoms with E-state index >= 15 is 0 Å². The number of carbonyl (C=O) groups is 1. The molecule has 5 rings (SSSR count). The Morgan fingerprint density at radius 3 is 2.02 bits per heavy atom. The highest BCUT2D eigenvalue weighted by molar-refractivity contribution is 7.99. The average Bonchev–Trinajstić information content (AvgIpc) is 3.46. The molecule has 0 saturated carbocycles. The van der Waals surface area contributed by atoms with Gasteiger partial charge in [0.1, 0.15) is 22.9 Å². The molecule has 0 unspecified atom stereocenters. The number of nitrogens with one attached hydrogen (secondary N) is 1. The van der Waals surface area contributed by atoms with Crippen molar-refractivity contribution in [2.75, 3.05) is 25.3 Å². The molecule has 2 aromatic heterocycles. The fourth-order valence-electron chi connectivity index (χ4n) is 3.87. The molecule has 0 bridgehead atoms. The first-order valence-corrected chi connectivity index (χ1v) is 14.4. The number of aromatic nitrogens is 4. The van der Waals surface area contributed by atoms with E-state index in [1.54, 1.807) is 14.2 Å². The molecule has 3 aromatic carbocycles. The zero-order chi connectivity index (χ0) is 27.9. The lowest BCUT2D eigenvalue weighted by atomic mass is 10.0. The third-order valence-corrected chi connectivity index (χ3v) is 7.65. The number of hydrogen-bond acceptors (Lipinski definition) is 9. The Bertz CT molecular complexity index is 1590. The number of aryl methyl sites for hydroxylation is 1. The average molecular weight is 570 g/mol. The number of methoxy groups -OCH3 is 2. The highest BCUT2D eigenvalue weighted by atomic mass is 32.2. The summed E-state index contributed by atoms with van der Waals surface area (Å²) in [5.74, 6) is 1.89. The van der Waals surface area contributed by atoms with Crippen molar-refractivity contribution >= 4 is 34.1 Å². The van der Waals surface area contributed by atoms with Gasteiger partial charge in [-0.1, -0.05) is 41.6 Å². The lowest BCUT2D eigenvalue weighted by Gasteiger charge is -2.10. The van der Waals surface area contributed by atoms with E-state index < -0.39 is 0 Å².